The number of amides is 4. The number of imide groups is 2. The molecule has 10 nitrogen and oxygen atoms in total. The summed E-state index contributed by atoms with van der Waals surface area (Å²) >= 11 is 2.69. The summed E-state index contributed by atoms with van der Waals surface area (Å²) < 4.78 is 3.45. The van der Waals surface area contributed by atoms with Crippen molar-refractivity contribution < 1.29 is 38.6 Å². The number of thioether (sulfide) groups is 2. The van der Waals surface area contributed by atoms with Gasteiger partial charge in [-0.1, -0.05) is 182 Å². The Morgan fingerprint density at radius 1 is 0.423 bits per heavy atom. The quantitative estimate of drug-likeness (QED) is 0.0566. The van der Waals surface area contributed by atoms with E-state index >= 15 is 0 Å². The van der Waals surface area contributed by atoms with E-state index in [0.29, 0.717) is 0 Å². The summed E-state index contributed by atoms with van der Waals surface area (Å²) in [5.41, 5.74) is 5.24. The molecule has 2 heterocycles. The zero-order valence-corrected chi connectivity index (χ0v) is 39.8. The number of carbonyl (C=O) groups excluding carboxylic acids is 5. The van der Waals surface area contributed by atoms with Crippen LogP contribution in [0.2, 0.25) is 0 Å². The van der Waals surface area contributed by atoms with Gasteiger partial charge in [0, 0.05) is 44.5 Å². The first-order valence-corrected chi connectivity index (χ1v) is 24.9. The van der Waals surface area contributed by atoms with Gasteiger partial charge in [0.2, 0.25) is 0 Å². The molecule has 350 valence electrons. The molecule has 10 rings (SSSR count). The van der Waals surface area contributed by atoms with E-state index < -0.39 is 57.1 Å². The molecule has 8 aromatic rings. The van der Waals surface area contributed by atoms with Gasteiger partial charge in [0.25, 0.3) is 23.6 Å². The van der Waals surface area contributed by atoms with Gasteiger partial charge in [0.15, 0.2) is 0 Å². The maximum absolute atomic E-state index is 14.9. The molecule has 0 fully saturated rings. The highest BCUT2D eigenvalue weighted by Crippen LogP contribution is 2.51. The van der Waals surface area contributed by atoms with E-state index in [-0.39, 0.29) is 44.5 Å². The van der Waals surface area contributed by atoms with Gasteiger partial charge < -0.3 is 9.84 Å². The molecule has 0 radical (unpaired) electrons. The Labute approximate surface area is 418 Å². The number of hydrogen-bond acceptors (Lipinski definition) is 9. The minimum Gasteiger partial charge on any atom is -0.480 e. The maximum atomic E-state index is 14.9. The number of rotatable bonds is 16. The molecular formula is C59H44N2O8S2. The van der Waals surface area contributed by atoms with Gasteiger partial charge in [0.1, 0.15) is 12.1 Å². The van der Waals surface area contributed by atoms with E-state index in [2.05, 4.69) is 0 Å². The van der Waals surface area contributed by atoms with Crippen LogP contribution in [-0.4, -0.2) is 81.2 Å². The third-order valence-electron chi connectivity index (χ3n) is 13.3. The van der Waals surface area contributed by atoms with Gasteiger partial charge in [-0.15, -0.1) is 23.5 Å². The number of carbonyl (C=O) groups is 6. The van der Waals surface area contributed by atoms with Crippen molar-refractivity contribution in [3.63, 3.8) is 0 Å². The largest absolute Gasteiger partial charge is 0.480 e. The van der Waals surface area contributed by atoms with Crippen LogP contribution in [0.3, 0.4) is 0 Å². The van der Waals surface area contributed by atoms with Gasteiger partial charge >= 0.3 is 11.9 Å². The first-order chi connectivity index (χ1) is 34.6. The first kappa shape index (κ1) is 46.7. The van der Waals surface area contributed by atoms with Crippen LogP contribution in [-0.2, 0) is 23.8 Å². The lowest BCUT2D eigenvalue weighted by molar-refractivity contribution is -0.144. The highest BCUT2D eigenvalue weighted by molar-refractivity contribution is 8.01. The molecule has 1 N–H and O–H groups in total. The molecule has 0 bridgehead atoms. The Balaban J connectivity index is 1.01. The summed E-state index contributed by atoms with van der Waals surface area (Å²) in [6, 6.07) is 60.9. The predicted molar refractivity (Wildman–Crippen MR) is 276 cm³/mol. The van der Waals surface area contributed by atoms with E-state index in [1.54, 1.807) is 0 Å². The minimum atomic E-state index is -1.64. The van der Waals surface area contributed by atoms with Crippen LogP contribution in [0.4, 0.5) is 0 Å². The molecule has 12 heteroatoms. The molecular weight excluding hydrogens is 929 g/mol. The lowest BCUT2D eigenvalue weighted by Gasteiger charge is -2.39. The number of nitrogens with zero attached hydrogens (tertiary/aromatic N) is 2. The number of carboxylic acid groups (broad SMARTS) is 1. The van der Waals surface area contributed by atoms with Crippen molar-refractivity contribution >= 4 is 69.9 Å². The predicted octanol–water partition coefficient (Wildman–Crippen LogP) is 10.5. The molecule has 0 saturated heterocycles. The smallest absolute Gasteiger partial charge is 0.329 e. The van der Waals surface area contributed by atoms with Crippen LogP contribution in [0.15, 0.2) is 206 Å². The molecule has 0 aliphatic carbocycles. The Kier molecular flexibility index (Phi) is 12.7. The maximum Gasteiger partial charge on any atom is 0.329 e. The Morgan fingerprint density at radius 3 is 0.901 bits per heavy atom. The fourth-order valence-corrected chi connectivity index (χ4v) is 13.3. The average Bonchev–Trinajstić information content (AvgIpc) is 3.42. The van der Waals surface area contributed by atoms with Gasteiger partial charge in [0.05, 0.1) is 16.6 Å². The van der Waals surface area contributed by atoms with E-state index in [1.807, 2.05) is 182 Å². The zero-order chi connectivity index (χ0) is 49.3. The lowest BCUT2D eigenvalue weighted by atomic mass is 9.84. The highest BCUT2D eigenvalue weighted by Gasteiger charge is 2.48. The number of esters is 1. The Bertz CT molecular complexity index is 3080. The molecule has 2 atom stereocenters. The summed E-state index contributed by atoms with van der Waals surface area (Å²) in [4.78, 5) is 88.6. The monoisotopic (exact) mass is 972 g/mol. The number of methoxy groups -OCH3 is 1. The normalized spacial score (nSPS) is 14.3. The van der Waals surface area contributed by atoms with E-state index in [9.17, 15) is 33.9 Å². The molecule has 0 saturated carbocycles. The second-order valence-corrected chi connectivity index (χ2v) is 19.6. The molecule has 0 spiro atoms. The van der Waals surface area contributed by atoms with E-state index in [4.69, 9.17) is 4.74 Å². The lowest BCUT2D eigenvalue weighted by Crippen LogP contribution is -2.54. The number of hydrogen-bond donors (Lipinski definition) is 1. The van der Waals surface area contributed by atoms with Crippen molar-refractivity contribution in [2.45, 2.75) is 21.6 Å². The third-order valence-corrected chi connectivity index (χ3v) is 16.6. The molecule has 0 aromatic heterocycles. The number of carboxylic acids is 1. The summed E-state index contributed by atoms with van der Waals surface area (Å²) in [6.07, 6.45) is 0. The average molecular weight is 973 g/mol. The summed E-state index contributed by atoms with van der Waals surface area (Å²) in [6.45, 7) is 0. The molecule has 8 aromatic carbocycles. The molecule has 2 aliphatic heterocycles. The summed E-state index contributed by atoms with van der Waals surface area (Å²) in [5.74, 6) is -5.88. The van der Waals surface area contributed by atoms with Crippen LogP contribution < -0.4 is 0 Å². The van der Waals surface area contributed by atoms with Gasteiger partial charge in [-0.25, -0.2) is 9.59 Å². The second-order valence-electron chi connectivity index (χ2n) is 17.1. The summed E-state index contributed by atoms with van der Waals surface area (Å²) in [7, 11) is 1.20. The van der Waals surface area contributed by atoms with E-state index in [1.165, 1.54) is 54.9 Å². The molecule has 71 heavy (non-hydrogen) atoms. The Hall–Kier alpha value is -8.06. The Morgan fingerprint density at radius 2 is 0.662 bits per heavy atom. The molecule has 0 unspecified atom stereocenters. The van der Waals surface area contributed by atoms with Crippen LogP contribution in [0.1, 0.15) is 74.8 Å². The first-order valence-electron chi connectivity index (χ1n) is 22.9. The standard InChI is InChI=1S/C59H44N2O8S2/c1-69-57(68)49(37-71-59(41-26-14-5-15-27-41,42-28-16-6-17-29-42)43-30-18-7-19-31-43)61-54(64)46-34-32-44-50-45(33-35-47(51(46)50)55(61)65)53(63)60(52(44)62)48(56(66)67)36-70-58(38-20-8-2-9-21-38,39-22-10-3-11-23-39)40-24-12-4-13-25-40/h2-35,48-49H,36-37H2,1H3,(H,66,67)/t48-,49-/m0/s1. The zero-order valence-electron chi connectivity index (χ0n) is 38.2. The van der Waals surface area contributed by atoms with Crippen molar-refractivity contribution in [3.8, 4) is 0 Å². The second kappa shape index (κ2) is 19.4. The fraction of sp³-hybridized carbons (Fsp3) is 0.119. The fourth-order valence-electron chi connectivity index (χ4n) is 10.1. The third kappa shape index (κ3) is 7.89. The minimum absolute atomic E-state index is 0.00250. The number of aliphatic carboxylic acids is 1. The van der Waals surface area contributed by atoms with Crippen molar-refractivity contribution in [2.24, 2.45) is 0 Å². The van der Waals surface area contributed by atoms with Crippen LogP contribution in [0.25, 0.3) is 10.8 Å². The van der Waals surface area contributed by atoms with Crippen molar-refractivity contribution in [3.05, 3.63) is 262 Å². The number of benzene rings is 8. The van der Waals surface area contributed by atoms with Gasteiger partial charge in [-0.3, -0.25) is 29.0 Å². The van der Waals surface area contributed by atoms with Crippen LogP contribution in [0, 0.1) is 0 Å². The SMILES string of the molecule is COC(=O)[C@H](CSC(c1ccccc1)(c1ccccc1)c1ccccc1)N1C(=O)c2ccc3c4c(ccc(c24)C1=O)C(=O)N([C@@H](CSC(c1ccccc1)(c1ccccc1)c1ccccc1)C(=O)O)C3=O. The van der Waals surface area contributed by atoms with Crippen LogP contribution >= 0.6 is 23.5 Å². The van der Waals surface area contributed by atoms with Crippen LogP contribution in [0.5, 0.6) is 0 Å². The topological polar surface area (TPSA) is 138 Å². The van der Waals surface area contributed by atoms with Gasteiger partial charge in [-0.2, -0.15) is 0 Å². The molecule has 2 aliphatic rings. The van der Waals surface area contributed by atoms with Gasteiger partial charge in [-0.05, 0) is 57.6 Å². The summed E-state index contributed by atoms with van der Waals surface area (Å²) in [5, 5.41) is 11.1. The van der Waals surface area contributed by atoms with Crippen molar-refractivity contribution in [1.82, 2.24) is 9.80 Å². The molecule has 4 amide bonds. The van der Waals surface area contributed by atoms with E-state index in [0.717, 1.165) is 43.2 Å². The highest BCUT2D eigenvalue weighted by atomic mass is 32.2. The van der Waals surface area contributed by atoms with Crippen molar-refractivity contribution in [2.75, 3.05) is 18.6 Å². The van der Waals surface area contributed by atoms with Crippen molar-refractivity contribution in [1.29, 1.82) is 0 Å². The number of ether oxygens (including phenoxy) is 1.